The minimum atomic E-state index is -1.43. The van der Waals surface area contributed by atoms with Crippen LogP contribution in [0.1, 0.15) is 71.1 Å². The molecular formula is C14H27ClO3. The second-order valence-electron chi connectivity index (χ2n) is 4.92. The predicted molar refractivity (Wildman–Crippen MR) is 75.1 cm³/mol. The number of rotatable bonds is 12. The minimum absolute atomic E-state index is 0.574. The summed E-state index contributed by atoms with van der Waals surface area (Å²) in [6.45, 7) is 2.22. The van der Waals surface area contributed by atoms with Crippen molar-refractivity contribution < 1.29 is 15.0 Å². The Morgan fingerprint density at radius 1 is 1.00 bits per heavy atom. The van der Waals surface area contributed by atoms with Gasteiger partial charge in [-0.25, -0.2) is 4.79 Å². The lowest BCUT2D eigenvalue weighted by Crippen LogP contribution is -2.29. The first-order valence-corrected chi connectivity index (χ1v) is 7.58. The highest BCUT2D eigenvalue weighted by Crippen LogP contribution is 2.15. The zero-order valence-corrected chi connectivity index (χ0v) is 12.2. The molecule has 0 saturated heterocycles. The van der Waals surface area contributed by atoms with Crippen molar-refractivity contribution in [3.8, 4) is 0 Å². The van der Waals surface area contributed by atoms with Crippen molar-refractivity contribution in [1.29, 1.82) is 0 Å². The zero-order valence-electron chi connectivity index (χ0n) is 11.4. The molecule has 1 unspecified atom stereocenters. The second-order valence-corrected chi connectivity index (χ2v) is 5.48. The van der Waals surface area contributed by atoms with Crippen molar-refractivity contribution in [3.05, 3.63) is 0 Å². The van der Waals surface area contributed by atoms with Crippen molar-refractivity contribution in [3.63, 3.8) is 0 Å². The van der Waals surface area contributed by atoms with E-state index in [9.17, 15) is 9.90 Å². The molecule has 18 heavy (non-hydrogen) atoms. The van der Waals surface area contributed by atoms with Crippen molar-refractivity contribution in [2.24, 2.45) is 0 Å². The summed E-state index contributed by atoms with van der Waals surface area (Å²) >= 11 is 5.79. The fourth-order valence-electron chi connectivity index (χ4n) is 1.96. The molecule has 0 amide bonds. The summed E-state index contributed by atoms with van der Waals surface area (Å²) < 4.78 is 0. The van der Waals surface area contributed by atoms with Gasteiger partial charge in [0.25, 0.3) is 0 Å². The average molecular weight is 279 g/mol. The first-order valence-electron chi connectivity index (χ1n) is 7.14. The van der Waals surface area contributed by atoms with Gasteiger partial charge < -0.3 is 10.2 Å². The Labute approximate surface area is 116 Å². The predicted octanol–water partition coefficient (Wildman–Crippen LogP) is 3.96. The van der Waals surface area contributed by atoms with E-state index in [2.05, 4.69) is 6.92 Å². The molecule has 0 aromatic heterocycles. The van der Waals surface area contributed by atoms with E-state index >= 15 is 0 Å². The van der Waals surface area contributed by atoms with Crippen molar-refractivity contribution in [2.45, 2.75) is 82.6 Å². The van der Waals surface area contributed by atoms with Crippen LogP contribution in [0.2, 0.25) is 0 Å². The van der Waals surface area contributed by atoms with E-state index in [1.54, 1.807) is 0 Å². The average Bonchev–Trinajstić information content (AvgIpc) is 2.35. The quantitative estimate of drug-likeness (QED) is 0.420. The molecule has 0 aromatic rings. The van der Waals surface area contributed by atoms with Gasteiger partial charge in [-0.3, -0.25) is 0 Å². The van der Waals surface area contributed by atoms with E-state index in [1.165, 1.54) is 44.9 Å². The molecule has 0 fully saturated rings. The Morgan fingerprint density at radius 3 is 1.89 bits per heavy atom. The Morgan fingerprint density at radius 2 is 1.44 bits per heavy atom. The molecular weight excluding hydrogens is 252 g/mol. The van der Waals surface area contributed by atoms with Gasteiger partial charge >= 0.3 is 5.97 Å². The van der Waals surface area contributed by atoms with Gasteiger partial charge in [-0.1, -0.05) is 64.7 Å². The summed E-state index contributed by atoms with van der Waals surface area (Å²) in [4.78, 5) is 10.5. The molecule has 0 aromatic carbocycles. The highest BCUT2D eigenvalue weighted by molar-refractivity contribution is 6.22. The number of aliphatic carboxylic acids is 1. The van der Waals surface area contributed by atoms with Crippen LogP contribution in [0.3, 0.4) is 0 Å². The van der Waals surface area contributed by atoms with E-state index in [0.29, 0.717) is 6.42 Å². The van der Waals surface area contributed by atoms with Gasteiger partial charge in [0.05, 0.1) is 5.38 Å². The van der Waals surface area contributed by atoms with E-state index in [-0.39, 0.29) is 0 Å². The van der Waals surface area contributed by atoms with Gasteiger partial charge in [0.15, 0.2) is 6.10 Å². The maximum Gasteiger partial charge on any atom is 0.334 e. The van der Waals surface area contributed by atoms with Gasteiger partial charge in [-0.05, 0) is 6.42 Å². The molecule has 0 bridgehead atoms. The number of alkyl halides is 1. The van der Waals surface area contributed by atoms with Crippen LogP contribution in [-0.2, 0) is 4.79 Å². The molecule has 0 radical (unpaired) electrons. The number of carboxylic acid groups (broad SMARTS) is 1. The van der Waals surface area contributed by atoms with Gasteiger partial charge in [-0.2, -0.15) is 0 Å². The smallest absolute Gasteiger partial charge is 0.334 e. The SMILES string of the molecule is CCCCCCCCCCCC(Cl)[C@H](O)C(=O)O. The second kappa shape index (κ2) is 11.8. The lowest BCUT2D eigenvalue weighted by Gasteiger charge is -2.12. The van der Waals surface area contributed by atoms with Crippen LogP contribution < -0.4 is 0 Å². The van der Waals surface area contributed by atoms with Crippen molar-refractivity contribution >= 4 is 17.6 Å². The Hall–Kier alpha value is -0.280. The topological polar surface area (TPSA) is 57.5 Å². The summed E-state index contributed by atoms with van der Waals surface area (Å²) in [5, 5.41) is 17.1. The lowest BCUT2D eigenvalue weighted by atomic mass is 10.0. The number of aliphatic hydroxyl groups excluding tert-OH is 1. The first kappa shape index (κ1) is 17.7. The summed E-state index contributed by atoms with van der Waals surface area (Å²) in [5.41, 5.74) is 0. The van der Waals surface area contributed by atoms with Crippen molar-refractivity contribution in [2.75, 3.05) is 0 Å². The fourth-order valence-corrected chi connectivity index (χ4v) is 2.22. The molecule has 2 atom stereocenters. The highest BCUT2D eigenvalue weighted by atomic mass is 35.5. The van der Waals surface area contributed by atoms with E-state index < -0.39 is 17.5 Å². The van der Waals surface area contributed by atoms with Crippen LogP contribution in [0.15, 0.2) is 0 Å². The van der Waals surface area contributed by atoms with Gasteiger partial charge in [0, 0.05) is 0 Å². The number of carbonyl (C=O) groups is 1. The third kappa shape index (κ3) is 9.72. The number of carboxylic acids is 1. The maximum absolute atomic E-state index is 10.5. The van der Waals surface area contributed by atoms with Crippen LogP contribution in [-0.4, -0.2) is 27.7 Å². The van der Waals surface area contributed by atoms with E-state index in [1.807, 2.05) is 0 Å². The standard InChI is InChI=1S/C14H27ClO3/c1-2-3-4-5-6-7-8-9-10-11-12(15)13(16)14(17)18/h12-13,16H,2-11H2,1H3,(H,17,18)/t12?,13-/m0/s1. The van der Waals surface area contributed by atoms with E-state index in [0.717, 1.165) is 12.8 Å². The normalized spacial score (nSPS) is 14.4. The molecule has 108 valence electrons. The van der Waals surface area contributed by atoms with Crippen molar-refractivity contribution in [1.82, 2.24) is 0 Å². The maximum atomic E-state index is 10.5. The molecule has 0 aliphatic rings. The van der Waals surface area contributed by atoms with Gasteiger partial charge in [0.1, 0.15) is 0 Å². The van der Waals surface area contributed by atoms with Crippen LogP contribution >= 0.6 is 11.6 Å². The monoisotopic (exact) mass is 278 g/mol. The van der Waals surface area contributed by atoms with Crippen LogP contribution in [0.25, 0.3) is 0 Å². The van der Waals surface area contributed by atoms with Gasteiger partial charge in [-0.15, -0.1) is 11.6 Å². The summed E-state index contributed by atoms with van der Waals surface area (Å²) in [6.07, 6.45) is 10.1. The minimum Gasteiger partial charge on any atom is -0.479 e. The third-order valence-electron chi connectivity index (χ3n) is 3.18. The molecule has 0 spiro atoms. The molecule has 0 heterocycles. The van der Waals surface area contributed by atoms with Crippen LogP contribution in [0, 0.1) is 0 Å². The molecule has 3 nitrogen and oxygen atoms in total. The number of hydrogen-bond donors (Lipinski definition) is 2. The highest BCUT2D eigenvalue weighted by Gasteiger charge is 2.22. The number of unbranched alkanes of at least 4 members (excludes halogenated alkanes) is 8. The number of aliphatic hydroxyl groups is 1. The largest absolute Gasteiger partial charge is 0.479 e. The summed E-state index contributed by atoms with van der Waals surface area (Å²) in [6, 6.07) is 0. The summed E-state index contributed by atoms with van der Waals surface area (Å²) in [7, 11) is 0. The lowest BCUT2D eigenvalue weighted by molar-refractivity contribution is -0.146. The van der Waals surface area contributed by atoms with E-state index in [4.69, 9.17) is 16.7 Å². The summed E-state index contributed by atoms with van der Waals surface area (Å²) in [5.74, 6) is -1.23. The zero-order chi connectivity index (χ0) is 13.8. The number of halogens is 1. The van der Waals surface area contributed by atoms with Gasteiger partial charge in [0.2, 0.25) is 0 Å². The molecule has 0 aliphatic carbocycles. The molecule has 0 rings (SSSR count). The Bertz CT molecular complexity index is 209. The number of hydrogen-bond acceptors (Lipinski definition) is 2. The molecule has 4 heteroatoms. The molecule has 0 saturated carbocycles. The fraction of sp³-hybridized carbons (Fsp3) is 0.929. The molecule has 2 N–H and O–H groups in total. The third-order valence-corrected chi connectivity index (χ3v) is 3.64. The Kier molecular flexibility index (Phi) is 11.6. The first-order chi connectivity index (χ1) is 8.59. The molecule has 0 aliphatic heterocycles. The Balaban J connectivity index is 3.27. The van der Waals surface area contributed by atoms with Crippen LogP contribution in [0.5, 0.6) is 0 Å². The van der Waals surface area contributed by atoms with Crippen LogP contribution in [0.4, 0.5) is 0 Å².